The average Bonchev–Trinajstić information content (AvgIpc) is 2.59. The lowest BCUT2D eigenvalue weighted by molar-refractivity contribution is -0.116. The Bertz CT molecular complexity index is 755. The number of hydrogen-bond donors (Lipinski definition) is 2. The molecule has 0 saturated carbocycles. The Labute approximate surface area is 135 Å². The number of nitrogens with one attached hydrogen (secondary N) is 2. The molecule has 0 spiro atoms. The van der Waals surface area contributed by atoms with Crippen LogP contribution in [-0.2, 0) is 11.3 Å². The molecular weight excluding hydrogens is 291 g/mol. The molecule has 0 aromatic heterocycles. The summed E-state index contributed by atoms with van der Waals surface area (Å²) >= 11 is 0. The monoisotopic (exact) mass is 310 g/mol. The van der Waals surface area contributed by atoms with Crippen molar-refractivity contribution in [2.45, 2.75) is 25.9 Å². The van der Waals surface area contributed by atoms with Gasteiger partial charge in [0.2, 0.25) is 0 Å². The summed E-state index contributed by atoms with van der Waals surface area (Å²) in [5.41, 5.74) is 3.43. The van der Waals surface area contributed by atoms with E-state index in [0.29, 0.717) is 18.5 Å². The fraction of sp³-hybridized carbons (Fsp3) is 0.211. The van der Waals surface area contributed by atoms with Crippen molar-refractivity contribution in [2.75, 3.05) is 0 Å². The van der Waals surface area contributed by atoms with E-state index in [2.05, 4.69) is 10.6 Å². The van der Waals surface area contributed by atoms with Crippen molar-refractivity contribution in [3.63, 3.8) is 0 Å². The second kappa shape index (κ2) is 6.65. The first kappa shape index (κ1) is 15.3. The maximum Gasteiger partial charge on any atom is 0.253 e. The molecule has 0 bridgehead atoms. The quantitative estimate of drug-likeness (QED) is 0.907. The zero-order valence-electron chi connectivity index (χ0n) is 13.0. The van der Waals surface area contributed by atoms with E-state index in [9.17, 15) is 9.18 Å². The van der Waals surface area contributed by atoms with Crippen molar-refractivity contribution in [2.24, 2.45) is 0 Å². The molecule has 0 fully saturated rings. The maximum absolute atomic E-state index is 13.4. The number of halogens is 1. The molecule has 1 heterocycles. The summed E-state index contributed by atoms with van der Waals surface area (Å²) in [6.07, 6.45) is 2.44. The lowest BCUT2D eigenvalue weighted by Gasteiger charge is -2.22. The third-order valence-corrected chi connectivity index (χ3v) is 4.06. The molecule has 3 rings (SSSR count). The lowest BCUT2D eigenvalue weighted by Crippen LogP contribution is -2.31. The summed E-state index contributed by atoms with van der Waals surface area (Å²) < 4.78 is 13.4. The van der Waals surface area contributed by atoms with Gasteiger partial charge in [-0.15, -0.1) is 0 Å². The molecule has 23 heavy (non-hydrogen) atoms. The van der Waals surface area contributed by atoms with Crippen molar-refractivity contribution < 1.29 is 9.18 Å². The van der Waals surface area contributed by atoms with Crippen LogP contribution in [0.4, 0.5) is 4.39 Å². The van der Waals surface area contributed by atoms with Gasteiger partial charge in [-0.05, 0) is 35.2 Å². The second-order valence-electron chi connectivity index (χ2n) is 5.59. The van der Waals surface area contributed by atoms with Crippen molar-refractivity contribution >= 4 is 11.5 Å². The first-order chi connectivity index (χ1) is 11.2. The molecule has 0 saturated heterocycles. The molecule has 1 aliphatic heterocycles. The van der Waals surface area contributed by atoms with Gasteiger partial charge in [0.25, 0.3) is 5.91 Å². The number of fused-ring (bicyclic) bond motifs is 1. The molecule has 1 aliphatic rings. The van der Waals surface area contributed by atoms with Crippen LogP contribution in [0.3, 0.4) is 0 Å². The minimum absolute atomic E-state index is 0.152. The molecule has 4 heteroatoms. The molecule has 1 amide bonds. The van der Waals surface area contributed by atoms with E-state index in [0.717, 1.165) is 16.7 Å². The second-order valence-corrected chi connectivity index (χ2v) is 5.59. The molecule has 3 nitrogen and oxygen atoms in total. The van der Waals surface area contributed by atoms with Crippen molar-refractivity contribution in [3.05, 3.63) is 77.2 Å². The van der Waals surface area contributed by atoms with Gasteiger partial charge in [-0.2, -0.15) is 0 Å². The highest BCUT2D eigenvalue weighted by Crippen LogP contribution is 2.24. The zero-order valence-corrected chi connectivity index (χ0v) is 13.0. The van der Waals surface area contributed by atoms with Gasteiger partial charge in [-0.1, -0.05) is 43.3 Å². The van der Waals surface area contributed by atoms with Crippen LogP contribution in [-0.4, -0.2) is 5.91 Å². The number of benzene rings is 2. The predicted octanol–water partition coefficient (Wildman–Crippen LogP) is 3.54. The van der Waals surface area contributed by atoms with Crippen LogP contribution in [0.15, 0.2) is 54.7 Å². The van der Waals surface area contributed by atoms with Gasteiger partial charge in [-0.3, -0.25) is 4.79 Å². The fourth-order valence-electron chi connectivity index (χ4n) is 2.85. The predicted molar refractivity (Wildman–Crippen MR) is 88.8 cm³/mol. The fourth-order valence-corrected chi connectivity index (χ4v) is 2.85. The molecular formula is C19H19FN2O. The minimum Gasteiger partial charge on any atom is -0.386 e. The summed E-state index contributed by atoms with van der Waals surface area (Å²) in [5, 5.41) is 6.14. The van der Waals surface area contributed by atoms with Crippen LogP contribution >= 0.6 is 0 Å². The molecule has 2 aromatic rings. The molecule has 0 unspecified atom stereocenters. The largest absolute Gasteiger partial charge is 0.386 e. The third-order valence-electron chi connectivity index (χ3n) is 4.06. The summed E-state index contributed by atoms with van der Waals surface area (Å²) in [4.78, 5) is 12.7. The summed E-state index contributed by atoms with van der Waals surface area (Å²) in [6.45, 7) is 2.69. The van der Waals surface area contributed by atoms with Gasteiger partial charge in [0.05, 0.1) is 11.6 Å². The van der Waals surface area contributed by atoms with Crippen LogP contribution in [0.2, 0.25) is 0 Å². The van der Waals surface area contributed by atoms with Crippen LogP contribution in [0.1, 0.15) is 36.1 Å². The smallest absolute Gasteiger partial charge is 0.253 e. The van der Waals surface area contributed by atoms with Crippen LogP contribution < -0.4 is 10.6 Å². The molecule has 118 valence electrons. The van der Waals surface area contributed by atoms with Gasteiger partial charge in [-0.25, -0.2) is 4.39 Å². The van der Waals surface area contributed by atoms with Gasteiger partial charge < -0.3 is 10.6 Å². The first-order valence-corrected chi connectivity index (χ1v) is 7.77. The number of rotatable bonds is 4. The minimum atomic E-state index is -0.293. The highest BCUT2D eigenvalue weighted by molar-refractivity contribution is 6.20. The molecule has 1 atom stereocenters. The van der Waals surface area contributed by atoms with Gasteiger partial charge >= 0.3 is 0 Å². The van der Waals surface area contributed by atoms with Crippen LogP contribution in [0.5, 0.6) is 0 Å². The first-order valence-electron chi connectivity index (χ1n) is 7.77. The third kappa shape index (κ3) is 3.26. The molecule has 0 radical (unpaired) electrons. The Hall–Kier alpha value is -2.62. The Morgan fingerprint density at radius 1 is 1.26 bits per heavy atom. The normalized spacial score (nSPS) is 14.3. The van der Waals surface area contributed by atoms with Crippen molar-refractivity contribution in [1.29, 1.82) is 0 Å². The van der Waals surface area contributed by atoms with E-state index >= 15 is 0 Å². The number of amides is 1. The zero-order chi connectivity index (χ0) is 16.2. The number of carbonyl (C=O) groups excluding carboxylic acids is 1. The van der Waals surface area contributed by atoms with E-state index < -0.39 is 0 Å². The number of hydrogen-bond acceptors (Lipinski definition) is 2. The van der Waals surface area contributed by atoms with E-state index in [-0.39, 0.29) is 17.8 Å². The van der Waals surface area contributed by atoms with Crippen molar-refractivity contribution in [3.8, 4) is 0 Å². The van der Waals surface area contributed by atoms with E-state index in [1.54, 1.807) is 12.3 Å². The Kier molecular flexibility index (Phi) is 4.42. The highest BCUT2D eigenvalue weighted by atomic mass is 19.1. The Morgan fingerprint density at radius 2 is 2.09 bits per heavy atom. The van der Waals surface area contributed by atoms with Gasteiger partial charge in [0.15, 0.2) is 0 Å². The van der Waals surface area contributed by atoms with Gasteiger partial charge in [0, 0.05) is 12.7 Å². The SMILES string of the molecule is CC[C@H](NC(=O)C1=CNCc2ccccc21)c1cccc(F)c1. The topological polar surface area (TPSA) is 41.1 Å². The van der Waals surface area contributed by atoms with E-state index in [1.165, 1.54) is 12.1 Å². The van der Waals surface area contributed by atoms with Crippen LogP contribution in [0.25, 0.3) is 5.57 Å². The Morgan fingerprint density at radius 3 is 2.87 bits per heavy atom. The summed E-state index contributed by atoms with van der Waals surface area (Å²) in [5.74, 6) is -0.445. The lowest BCUT2D eigenvalue weighted by atomic mass is 9.96. The van der Waals surface area contributed by atoms with Crippen LogP contribution in [0, 0.1) is 5.82 Å². The van der Waals surface area contributed by atoms with Crippen molar-refractivity contribution in [1.82, 2.24) is 10.6 Å². The molecule has 0 aliphatic carbocycles. The van der Waals surface area contributed by atoms with Gasteiger partial charge in [0.1, 0.15) is 5.82 Å². The molecule has 2 N–H and O–H groups in total. The van der Waals surface area contributed by atoms with E-state index in [4.69, 9.17) is 0 Å². The standard InChI is InChI=1S/C19H19FN2O/c1-2-18(13-7-5-8-15(20)10-13)22-19(23)17-12-21-11-14-6-3-4-9-16(14)17/h3-10,12,18,21H,2,11H2,1H3,(H,22,23)/t18-/m0/s1. The summed E-state index contributed by atoms with van der Waals surface area (Å²) in [6, 6.07) is 14.0. The summed E-state index contributed by atoms with van der Waals surface area (Å²) in [7, 11) is 0. The molecule has 2 aromatic carbocycles. The van der Waals surface area contributed by atoms with E-state index in [1.807, 2.05) is 37.3 Å². The maximum atomic E-state index is 13.4. The highest BCUT2D eigenvalue weighted by Gasteiger charge is 2.21. The average molecular weight is 310 g/mol. The number of carbonyl (C=O) groups is 1. The Balaban J connectivity index is 1.82.